The van der Waals surface area contributed by atoms with Crippen LogP contribution in [0.2, 0.25) is 5.02 Å². The molecular formula is C19H21ClO4P+. The van der Waals surface area contributed by atoms with Gasteiger partial charge >= 0.3 is 15.1 Å². The van der Waals surface area contributed by atoms with E-state index in [4.69, 9.17) is 20.9 Å². The van der Waals surface area contributed by atoms with E-state index in [1.54, 1.807) is 49.4 Å². The lowest BCUT2D eigenvalue weighted by molar-refractivity contribution is -0.144. The quantitative estimate of drug-likeness (QED) is 0.314. The van der Waals surface area contributed by atoms with E-state index in [-0.39, 0.29) is 12.4 Å². The van der Waals surface area contributed by atoms with Crippen molar-refractivity contribution in [3.05, 3.63) is 70.2 Å². The van der Waals surface area contributed by atoms with Crippen LogP contribution < -0.4 is 0 Å². The molecule has 0 radical (unpaired) electrons. The summed E-state index contributed by atoms with van der Waals surface area (Å²) in [7, 11) is 1.17. The van der Waals surface area contributed by atoms with Crippen LogP contribution in [0.4, 0.5) is 0 Å². The van der Waals surface area contributed by atoms with E-state index in [2.05, 4.69) is 0 Å². The summed E-state index contributed by atoms with van der Waals surface area (Å²) in [6.07, 6.45) is 0.701. The van der Waals surface area contributed by atoms with Crippen molar-refractivity contribution in [2.75, 3.05) is 6.61 Å². The van der Waals surface area contributed by atoms with E-state index in [1.165, 1.54) is 9.12 Å². The first-order valence-electron chi connectivity index (χ1n) is 7.80. The van der Waals surface area contributed by atoms with Gasteiger partial charge in [-0.1, -0.05) is 65.6 Å². The topological polar surface area (TPSA) is 60.4 Å². The van der Waals surface area contributed by atoms with Crippen LogP contribution in [0.3, 0.4) is 0 Å². The minimum atomic E-state index is -0.999. The van der Waals surface area contributed by atoms with Gasteiger partial charge in [-0.3, -0.25) is 9.59 Å². The predicted octanol–water partition coefficient (Wildman–Crippen LogP) is 4.78. The Hall–Kier alpha value is -2.03. The number of rotatable bonds is 6. The van der Waals surface area contributed by atoms with Crippen LogP contribution >= 0.6 is 20.7 Å². The summed E-state index contributed by atoms with van der Waals surface area (Å²) in [5, 5.41) is 0.347. The Balaban J connectivity index is 0.00000151. The monoisotopic (exact) mass is 379 g/mol. The molecule has 0 saturated carbocycles. The van der Waals surface area contributed by atoms with Crippen LogP contribution in [-0.4, -0.2) is 18.4 Å². The van der Waals surface area contributed by atoms with Crippen molar-refractivity contribution in [3.63, 3.8) is 0 Å². The zero-order chi connectivity index (χ0) is 18.8. The normalized spacial score (nSPS) is 11.0. The Bertz CT molecular complexity index is 698. The molecule has 0 aliphatic carbocycles. The Morgan fingerprint density at radius 2 is 1.72 bits per heavy atom. The van der Waals surface area contributed by atoms with Crippen LogP contribution in [0, 0.1) is 6.92 Å². The standard InChI is InChI=1S/C19H19ClO3.H2OP/c1-3-12-23-19(22)17(14-9-5-4-6-10-14)18(21)16-13(2)8-7-11-15(16)20;1-2/h4-11,17H,3,12H2,1-2H3;2H2/q;+1. The van der Waals surface area contributed by atoms with Crippen LogP contribution in [-0.2, 0) is 14.1 Å². The van der Waals surface area contributed by atoms with Crippen LogP contribution in [0.5, 0.6) is 0 Å². The number of aryl methyl sites for hydroxylation is 1. The zero-order valence-corrected chi connectivity index (χ0v) is 16.1. The molecule has 25 heavy (non-hydrogen) atoms. The second kappa shape index (κ2) is 10.8. The fourth-order valence-electron chi connectivity index (χ4n) is 2.41. The molecule has 0 aliphatic rings. The summed E-state index contributed by atoms with van der Waals surface area (Å²) in [6, 6.07) is 14.2. The molecule has 2 unspecified atom stereocenters. The summed E-state index contributed by atoms with van der Waals surface area (Å²) < 4.78 is 13.4. The minimum Gasteiger partial charge on any atom is -0.465 e. The van der Waals surface area contributed by atoms with Crippen molar-refractivity contribution in [2.45, 2.75) is 26.2 Å². The van der Waals surface area contributed by atoms with Crippen molar-refractivity contribution < 1.29 is 18.9 Å². The van der Waals surface area contributed by atoms with Crippen molar-refractivity contribution in [3.8, 4) is 0 Å². The average molecular weight is 380 g/mol. The lowest BCUT2D eigenvalue weighted by Crippen LogP contribution is -2.25. The minimum absolute atomic E-state index is 0.289. The van der Waals surface area contributed by atoms with E-state index in [1.807, 2.05) is 13.0 Å². The number of Topliss-reactive ketones (excluding diaryl/α,β-unsaturated/α-hetero) is 1. The maximum Gasteiger partial charge on any atom is 0.321 e. The largest absolute Gasteiger partial charge is 0.465 e. The van der Waals surface area contributed by atoms with Gasteiger partial charge in [0.15, 0.2) is 5.78 Å². The SMILES string of the molecule is CCCOC(=O)C(C(=O)c1c(C)cccc1Cl)c1ccccc1.O=[PH2+]. The van der Waals surface area contributed by atoms with E-state index in [9.17, 15) is 9.59 Å². The zero-order valence-electron chi connectivity index (χ0n) is 14.2. The summed E-state index contributed by atoms with van der Waals surface area (Å²) in [5.41, 5.74) is 1.72. The Morgan fingerprint density at radius 1 is 1.08 bits per heavy atom. The number of hydrogen-bond acceptors (Lipinski definition) is 4. The molecule has 0 saturated heterocycles. The molecule has 2 atom stereocenters. The number of hydrogen-bond donors (Lipinski definition) is 0. The molecule has 0 amide bonds. The van der Waals surface area contributed by atoms with Gasteiger partial charge in [0.25, 0.3) is 0 Å². The number of halogens is 1. The van der Waals surface area contributed by atoms with Crippen molar-refractivity contribution >= 4 is 32.5 Å². The fourth-order valence-corrected chi connectivity index (χ4v) is 2.73. The van der Waals surface area contributed by atoms with Gasteiger partial charge in [-0.25, -0.2) is 0 Å². The van der Waals surface area contributed by atoms with E-state index < -0.39 is 11.9 Å². The molecule has 2 aromatic carbocycles. The lowest BCUT2D eigenvalue weighted by Gasteiger charge is -2.17. The predicted molar refractivity (Wildman–Crippen MR) is 101 cm³/mol. The van der Waals surface area contributed by atoms with Crippen molar-refractivity contribution in [1.29, 1.82) is 0 Å². The smallest absolute Gasteiger partial charge is 0.321 e. The van der Waals surface area contributed by atoms with Crippen LogP contribution in [0.25, 0.3) is 0 Å². The van der Waals surface area contributed by atoms with Crippen molar-refractivity contribution in [1.82, 2.24) is 0 Å². The molecule has 0 aliphatic heterocycles. The summed E-state index contributed by atoms with van der Waals surface area (Å²) in [4.78, 5) is 25.5. The second-order valence-electron chi connectivity index (χ2n) is 5.31. The molecule has 0 N–H and O–H groups in total. The second-order valence-corrected chi connectivity index (χ2v) is 5.71. The lowest BCUT2D eigenvalue weighted by atomic mass is 9.89. The molecule has 2 aromatic rings. The van der Waals surface area contributed by atoms with Gasteiger partial charge in [-0.15, -0.1) is 0 Å². The third-order valence-corrected chi connectivity index (χ3v) is 3.86. The number of benzene rings is 2. The van der Waals surface area contributed by atoms with Crippen LogP contribution in [0.1, 0.15) is 40.7 Å². The highest BCUT2D eigenvalue weighted by Crippen LogP contribution is 2.28. The van der Waals surface area contributed by atoms with E-state index in [0.717, 1.165) is 5.56 Å². The maximum absolute atomic E-state index is 13.0. The molecule has 0 aromatic heterocycles. The first-order chi connectivity index (χ1) is 12.1. The third kappa shape index (κ3) is 5.48. The molecule has 132 valence electrons. The highest BCUT2D eigenvalue weighted by Gasteiger charge is 2.32. The number of carbonyl (C=O) groups is 2. The van der Waals surface area contributed by atoms with Gasteiger partial charge < -0.3 is 4.74 Å². The van der Waals surface area contributed by atoms with Crippen LogP contribution in [0.15, 0.2) is 48.5 Å². The highest BCUT2D eigenvalue weighted by molar-refractivity contribution is 7.00. The molecule has 0 spiro atoms. The number of ether oxygens (including phenoxy) is 1. The Kier molecular flexibility index (Phi) is 9.04. The summed E-state index contributed by atoms with van der Waals surface area (Å²) in [6.45, 7) is 4.00. The number of esters is 1. The summed E-state index contributed by atoms with van der Waals surface area (Å²) >= 11 is 6.19. The summed E-state index contributed by atoms with van der Waals surface area (Å²) in [5.74, 6) is -1.87. The molecule has 0 fully saturated rings. The molecule has 2 rings (SSSR count). The molecule has 4 nitrogen and oxygen atoms in total. The Labute approximate surface area is 154 Å². The van der Waals surface area contributed by atoms with Crippen molar-refractivity contribution in [2.24, 2.45) is 0 Å². The Morgan fingerprint density at radius 3 is 2.28 bits per heavy atom. The molecular weight excluding hydrogens is 359 g/mol. The number of ketones is 1. The van der Waals surface area contributed by atoms with Gasteiger partial charge in [0.1, 0.15) is 5.92 Å². The highest BCUT2D eigenvalue weighted by atomic mass is 35.5. The molecule has 0 bridgehead atoms. The van der Waals surface area contributed by atoms with Gasteiger partial charge in [0, 0.05) is 5.56 Å². The third-order valence-electron chi connectivity index (χ3n) is 3.55. The van der Waals surface area contributed by atoms with E-state index in [0.29, 0.717) is 22.6 Å². The molecule has 0 heterocycles. The van der Waals surface area contributed by atoms with Gasteiger partial charge in [0.05, 0.1) is 11.6 Å². The average Bonchev–Trinajstić information content (AvgIpc) is 2.62. The van der Waals surface area contributed by atoms with E-state index >= 15 is 0 Å². The number of carbonyl (C=O) groups excluding carboxylic acids is 2. The fraction of sp³-hybridized carbons (Fsp3) is 0.263. The van der Waals surface area contributed by atoms with Gasteiger partial charge in [0.2, 0.25) is 0 Å². The van der Waals surface area contributed by atoms with Gasteiger partial charge in [-0.2, -0.15) is 0 Å². The first-order valence-corrected chi connectivity index (χ1v) is 8.65. The van der Waals surface area contributed by atoms with Gasteiger partial charge in [-0.05, 0) is 30.5 Å². The molecule has 6 heteroatoms. The first kappa shape index (κ1) is 21.0. The maximum atomic E-state index is 13.0.